The average Bonchev–Trinajstić information content (AvgIpc) is 2.96. The van der Waals surface area contributed by atoms with Crippen molar-refractivity contribution in [1.82, 2.24) is 25.4 Å². The van der Waals surface area contributed by atoms with E-state index in [9.17, 15) is 0 Å². The van der Waals surface area contributed by atoms with Gasteiger partial charge in [0, 0.05) is 20.6 Å². The second kappa shape index (κ2) is 8.66. The monoisotopic (exact) mass is 302 g/mol. The minimum absolute atomic E-state index is 0.580. The van der Waals surface area contributed by atoms with Crippen LogP contribution in [0.1, 0.15) is 12.2 Å². The summed E-state index contributed by atoms with van der Waals surface area (Å²) >= 11 is 0. The summed E-state index contributed by atoms with van der Waals surface area (Å²) in [6.07, 6.45) is 2.56. The molecule has 0 aliphatic carbocycles. The van der Waals surface area contributed by atoms with Crippen molar-refractivity contribution in [3.63, 3.8) is 0 Å². The third-order valence-corrected chi connectivity index (χ3v) is 3.07. The van der Waals surface area contributed by atoms with Gasteiger partial charge in [0.15, 0.2) is 11.8 Å². The molecule has 0 amide bonds. The Labute approximate surface area is 130 Å². The molecule has 2 N–H and O–H groups in total. The third kappa shape index (κ3) is 5.08. The fraction of sp³-hybridized carbons (Fsp3) is 0.400. The number of aryl methyl sites for hydroxylation is 1. The molecule has 1 aromatic heterocycles. The molecule has 0 saturated heterocycles. The molecule has 0 aliphatic heterocycles. The molecule has 0 fully saturated rings. The molecule has 2 aromatic rings. The summed E-state index contributed by atoms with van der Waals surface area (Å²) in [5, 5.41) is 14.3. The van der Waals surface area contributed by atoms with Gasteiger partial charge >= 0.3 is 0 Å². The van der Waals surface area contributed by atoms with Crippen molar-refractivity contribution < 1.29 is 4.74 Å². The molecule has 118 valence electrons. The second-order valence-electron chi connectivity index (χ2n) is 4.73. The number of nitrogens with one attached hydrogen (secondary N) is 2. The van der Waals surface area contributed by atoms with Gasteiger partial charge in [-0.1, -0.05) is 18.2 Å². The number of nitrogens with zero attached hydrogens (tertiary/aromatic N) is 4. The molecule has 0 atom stereocenters. The predicted molar refractivity (Wildman–Crippen MR) is 85.8 cm³/mol. The molecule has 0 radical (unpaired) electrons. The molecule has 0 unspecified atom stereocenters. The van der Waals surface area contributed by atoms with Gasteiger partial charge in [0.2, 0.25) is 0 Å². The molecule has 1 heterocycles. The zero-order chi connectivity index (χ0) is 15.6. The Morgan fingerprint density at radius 3 is 2.77 bits per heavy atom. The topological polar surface area (TPSA) is 76.4 Å². The van der Waals surface area contributed by atoms with Gasteiger partial charge < -0.3 is 19.9 Å². The highest BCUT2D eigenvalue weighted by atomic mass is 16.5. The van der Waals surface area contributed by atoms with Gasteiger partial charge in [-0.3, -0.25) is 4.99 Å². The SMILES string of the molecule is CN=C(NCCCOc1ccccc1)NCc1nncn1C. The first-order chi connectivity index (χ1) is 10.8. The summed E-state index contributed by atoms with van der Waals surface area (Å²) in [5.74, 6) is 2.49. The normalized spacial score (nSPS) is 11.3. The van der Waals surface area contributed by atoms with Crippen LogP contribution >= 0.6 is 0 Å². The lowest BCUT2D eigenvalue weighted by molar-refractivity contribution is 0.311. The Hall–Kier alpha value is -2.57. The van der Waals surface area contributed by atoms with Crippen LogP contribution in [-0.2, 0) is 13.6 Å². The Morgan fingerprint density at radius 2 is 2.09 bits per heavy atom. The van der Waals surface area contributed by atoms with Gasteiger partial charge in [-0.2, -0.15) is 0 Å². The summed E-state index contributed by atoms with van der Waals surface area (Å²) in [6, 6.07) is 9.81. The largest absolute Gasteiger partial charge is 0.494 e. The molecule has 2 rings (SSSR count). The van der Waals surface area contributed by atoms with Crippen molar-refractivity contribution in [1.29, 1.82) is 0 Å². The van der Waals surface area contributed by atoms with E-state index in [1.165, 1.54) is 0 Å². The fourth-order valence-corrected chi connectivity index (χ4v) is 1.84. The first-order valence-electron chi connectivity index (χ1n) is 7.25. The number of benzene rings is 1. The highest BCUT2D eigenvalue weighted by Gasteiger charge is 2.02. The zero-order valence-electron chi connectivity index (χ0n) is 13.0. The summed E-state index contributed by atoms with van der Waals surface area (Å²) in [4.78, 5) is 4.17. The van der Waals surface area contributed by atoms with E-state index in [1.54, 1.807) is 13.4 Å². The van der Waals surface area contributed by atoms with Gasteiger partial charge in [-0.05, 0) is 18.6 Å². The number of para-hydroxylation sites is 1. The van der Waals surface area contributed by atoms with E-state index in [0.717, 1.165) is 30.5 Å². The van der Waals surface area contributed by atoms with Gasteiger partial charge in [0.25, 0.3) is 0 Å². The van der Waals surface area contributed by atoms with Crippen molar-refractivity contribution in [2.75, 3.05) is 20.2 Å². The van der Waals surface area contributed by atoms with E-state index in [4.69, 9.17) is 4.74 Å². The number of hydrogen-bond donors (Lipinski definition) is 2. The summed E-state index contributed by atoms with van der Waals surface area (Å²) in [6.45, 7) is 2.03. The molecule has 7 heteroatoms. The van der Waals surface area contributed by atoms with Crippen LogP contribution in [0, 0.1) is 0 Å². The highest BCUT2D eigenvalue weighted by Crippen LogP contribution is 2.07. The smallest absolute Gasteiger partial charge is 0.191 e. The number of aromatic nitrogens is 3. The lowest BCUT2D eigenvalue weighted by Crippen LogP contribution is -2.38. The van der Waals surface area contributed by atoms with Crippen LogP contribution in [0.25, 0.3) is 0 Å². The maximum Gasteiger partial charge on any atom is 0.191 e. The molecule has 0 spiro atoms. The number of rotatable bonds is 7. The van der Waals surface area contributed by atoms with Crippen molar-refractivity contribution in [3.8, 4) is 5.75 Å². The average molecular weight is 302 g/mol. The van der Waals surface area contributed by atoms with Crippen LogP contribution in [0.5, 0.6) is 5.75 Å². The zero-order valence-corrected chi connectivity index (χ0v) is 13.0. The Balaban J connectivity index is 1.61. The molecular weight excluding hydrogens is 280 g/mol. The summed E-state index contributed by atoms with van der Waals surface area (Å²) in [5.41, 5.74) is 0. The van der Waals surface area contributed by atoms with Crippen LogP contribution in [-0.4, -0.2) is 40.9 Å². The van der Waals surface area contributed by atoms with Crippen molar-refractivity contribution in [2.45, 2.75) is 13.0 Å². The third-order valence-electron chi connectivity index (χ3n) is 3.07. The van der Waals surface area contributed by atoms with Gasteiger partial charge in [-0.15, -0.1) is 10.2 Å². The summed E-state index contributed by atoms with van der Waals surface area (Å²) in [7, 11) is 3.65. The lowest BCUT2D eigenvalue weighted by atomic mass is 10.3. The van der Waals surface area contributed by atoms with Crippen LogP contribution < -0.4 is 15.4 Å². The quantitative estimate of drug-likeness (QED) is 0.452. The molecule has 0 aliphatic rings. The molecule has 0 saturated carbocycles. The van der Waals surface area contributed by atoms with E-state index < -0.39 is 0 Å². The Morgan fingerprint density at radius 1 is 1.27 bits per heavy atom. The van der Waals surface area contributed by atoms with Crippen molar-refractivity contribution in [2.24, 2.45) is 12.0 Å². The molecule has 0 bridgehead atoms. The number of aliphatic imine (C=N–C) groups is 1. The molecule has 7 nitrogen and oxygen atoms in total. The van der Waals surface area contributed by atoms with Crippen LogP contribution in [0.3, 0.4) is 0 Å². The lowest BCUT2D eigenvalue weighted by Gasteiger charge is -2.11. The molecule has 22 heavy (non-hydrogen) atoms. The Kier molecular flexibility index (Phi) is 6.22. The number of ether oxygens (including phenoxy) is 1. The fourth-order valence-electron chi connectivity index (χ4n) is 1.84. The minimum atomic E-state index is 0.580. The van der Waals surface area contributed by atoms with Gasteiger partial charge in [0.1, 0.15) is 12.1 Å². The van der Waals surface area contributed by atoms with E-state index in [1.807, 2.05) is 41.9 Å². The van der Waals surface area contributed by atoms with E-state index in [-0.39, 0.29) is 0 Å². The van der Waals surface area contributed by atoms with Crippen molar-refractivity contribution >= 4 is 5.96 Å². The standard InChI is InChI=1S/C15H22N6O/c1-16-15(18-11-14-20-19-12-21(14)2)17-9-6-10-22-13-7-4-3-5-8-13/h3-5,7-8,12H,6,9-11H2,1-2H3,(H2,16,17,18). The maximum atomic E-state index is 5.63. The van der Waals surface area contributed by atoms with Crippen LogP contribution in [0.4, 0.5) is 0 Å². The van der Waals surface area contributed by atoms with Crippen LogP contribution in [0.2, 0.25) is 0 Å². The predicted octanol–water partition coefficient (Wildman–Crippen LogP) is 0.949. The minimum Gasteiger partial charge on any atom is -0.494 e. The number of guanidine groups is 1. The first-order valence-corrected chi connectivity index (χ1v) is 7.25. The van der Waals surface area contributed by atoms with E-state index in [2.05, 4.69) is 25.8 Å². The molecular formula is C15H22N6O. The second-order valence-corrected chi connectivity index (χ2v) is 4.73. The van der Waals surface area contributed by atoms with Crippen molar-refractivity contribution in [3.05, 3.63) is 42.5 Å². The first kappa shape index (κ1) is 15.8. The van der Waals surface area contributed by atoms with E-state index in [0.29, 0.717) is 13.2 Å². The highest BCUT2D eigenvalue weighted by molar-refractivity contribution is 5.79. The van der Waals surface area contributed by atoms with Gasteiger partial charge in [-0.25, -0.2) is 0 Å². The van der Waals surface area contributed by atoms with E-state index >= 15 is 0 Å². The Bertz CT molecular complexity index is 581. The summed E-state index contributed by atoms with van der Waals surface area (Å²) < 4.78 is 7.50. The number of hydrogen-bond acceptors (Lipinski definition) is 4. The maximum absolute atomic E-state index is 5.63. The molecule has 1 aromatic carbocycles. The van der Waals surface area contributed by atoms with Gasteiger partial charge in [0.05, 0.1) is 13.2 Å². The van der Waals surface area contributed by atoms with Crippen LogP contribution in [0.15, 0.2) is 41.7 Å².